The summed E-state index contributed by atoms with van der Waals surface area (Å²) in [6, 6.07) is 0. The molecular weight excluding hydrogens is 304 g/mol. The Morgan fingerprint density at radius 3 is 3.00 bits per heavy atom. The fraction of sp³-hybridized carbons (Fsp3) is 0.750. The zero-order chi connectivity index (χ0) is 12.4. The van der Waals surface area contributed by atoms with E-state index >= 15 is 0 Å². The Bertz CT molecular complexity index is 394. The lowest BCUT2D eigenvalue weighted by Gasteiger charge is -2.27. The van der Waals surface area contributed by atoms with Gasteiger partial charge in [0.25, 0.3) is 0 Å². The van der Waals surface area contributed by atoms with Gasteiger partial charge in [0.05, 0.1) is 22.5 Å². The van der Waals surface area contributed by atoms with Gasteiger partial charge in [-0.2, -0.15) is 5.10 Å². The van der Waals surface area contributed by atoms with Crippen molar-refractivity contribution in [3.63, 3.8) is 0 Å². The molecular formula is C12H18BrClN2O. The van der Waals surface area contributed by atoms with E-state index in [0.29, 0.717) is 5.92 Å². The molecule has 0 saturated carbocycles. The largest absolute Gasteiger partial charge is 0.381 e. The van der Waals surface area contributed by atoms with Crippen LogP contribution in [0.1, 0.15) is 24.7 Å². The lowest BCUT2D eigenvalue weighted by Crippen LogP contribution is -2.30. The van der Waals surface area contributed by atoms with Crippen LogP contribution in [0, 0.1) is 12.8 Å². The topological polar surface area (TPSA) is 27.1 Å². The molecule has 0 aliphatic carbocycles. The van der Waals surface area contributed by atoms with Gasteiger partial charge < -0.3 is 4.74 Å². The minimum atomic E-state index is 0.219. The number of ether oxygens (including phenoxy) is 1. The van der Waals surface area contributed by atoms with Gasteiger partial charge in [-0.15, -0.1) is 11.6 Å². The average molecular weight is 322 g/mol. The quantitative estimate of drug-likeness (QED) is 0.800. The third kappa shape index (κ3) is 2.85. The molecule has 5 heteroatoms. The zero-order valence-electron chi connectivity index (χ0n) is 10.2. The van der Waals surface area contributed by atoms with Crippen molar-refractivity contribution in [2.45, 2.75) is 38.6 Å². The SMILES string of the molecule is CCn1nc(C)c(Br)c1CC1COCCC1Cl. The summed E-state index contributed by atoms with van der Waals surface area (Å²) in [5, 5.41) is 4.72. The van der Waals surface area contributed by atoms with Crippen LogP contribution >= 0.6 is 27.5 Å². The van der Waals surface area contributed by atoms with Crippen LogP contribution in [0.2, 0.25) is 0 Å². The standard InChI is InChI=1S/C12H18BrClN2O/c1-3-16-11(12(13)8(2)15-16)6-9-7-17-5-4-10(9)14/h9-10H,3-7H2,1-2H3. The summed E-state index contributed by atoms with van der Waals surface area (Å²) in [6.07, 6.45) is 1.88. The van der Waals surface area contributed by atoms with E-state index in [-0.39, 0.29) is 5.38 Å². The second-order valence-corrected chi connectivity index (χ2v) is 5.86. The van der Waals surface area contributed by atoms with Crippen LogP contribution in [-0.4, -0.2) is 28.4 Å². The Balaban J connectivity index is 2.16. The summed E-state index contributed by atoms with van der Waals surface area (Å²) in [5.41, 5.74) is 2.29. The first-order valence-corrected chi connectivity index (χ1v) is 7.30. The molecule has 2 rings (SSSR count). The van der Waals surface area contributed by atoms with Gasteiger partial charge in [-0.25, -0.2) is 0 Å². The number of hydrogen-bond acceptors (Lipinski definition) is 2. The summed E-state index contributed by atoms with van der Waals surface area (Å²) in [6.45, 7) is 6.57. The highest BCUT2D eigenvalue weighted by Crippen LogP contribution is 2.29. The summed E-state index contributed by atoms with van der Waals surface area (Å²) in [5.74, 6) is 0.392. The summed E-state index contributed by atoms with van der Waals surface area (Å²) < 4.78 is 8.69. The number of nitrogens with zero attached hydrogens (tertiary/aromatic N) is 2. The molecule has 1 aliphatic rings. The first-order valence-electron chi connectivity index (χ1n) is 6.07. The van der Waals surface area contributed by atoms with Crippen molar-refractivity contribution in [3.8, 4) is 0 Å². The molecule has 0 spiro atoms. The molecule has 3 nitrogen and oxygen atoms in total. The van der Waals surface area contributed by atoms with Crippen molar-refractivity contribution >= 4 is 27.5 Å². The Morgan fingerprint density at radius 1 is 1.59 bits per heavy atom. The highest BCUT2D eigenvalue weighted by Gasteiger charge is 2.26. The first-order chi connectivity index (χ1) is 8.13. The number of aromatic nitrogens is 2. The molecule has 1 aromatic rings. The lowest BCUT2D eigenvalue weighted by atomic mass is 9.96. The molecule has 0 radical (unpaired) electrons. The molecule has 0 bridgehead atoms. The summed E-state index contributed by atoms with van der Waals surface area (Å²) in [7, 11) is 0. The lowest BCUT2D eigenvalue weighted by molar-refractivity contribution is 0.0570. The van der Waals surface area contributed by atoms with Crippen LogP contribution < -0.4 is 0 Å². The molecule has 2 unspecified atom stereocenters. The number of hydrogen-bond donors (Lipinski definition) is 0. The number of rotatable bonds is 3. The van der Waals surface area contributed by atoms with E-state index in [4.69, 9.17) is 16.3 Å². The molecule has 0 N–H and O–H groups in total. The molecule has 0 amide bonds. The third-order valence-corrected chi connectivity index (χ3v) is 4.90. The Hall–Kier alpha value is -0.0600. The van der Waals surface area contributed by atoms with E-state index < -0.39 is 0 Å². The summed E-state index contributed by atoms with van der Waals surface area (Å²) in [4.78, 5) is 0. The van der Waals surface area contributed by atoms with Crippen molar-refractivity contribution in [3.05, 3.63) is 15.9 Å². The molecule has 2 heterocycles. The maximum Gasteiger partial charge on any atom is 0.0738 e. The maximum atomic E-state index is 6.36. The Morgan fingerprint density at radius 2 is 2.35 bits per heavy atom. The second kappa shape index (κ2) is 5.72. The van der Waals surface area contributed by atoms with Crippen molar-refractivity contribution in [1.82, 2.24) is 9.78 Å². The number of alkyl halides is 1. The Labute approximate surface area is 116 Å². The molecule has 1 aromatic heterocycles. The van der Waals surface area contributed by atoms with Crippen LogP contribution in [0.3, 0.4) is 0 Å². The van der Waals surface area contributed by atoms with Crippen LogP contribution in [0.15, 0.2) is 4.47 Å². The van der Waals surface area contributed by atoms with Gasteiger partial charge >= 0.3 is 0 Å². The molecule has 2 atom stereocenters. The van der Waals surface area contributed by atoms with E-state index in [9.17, 15) is 0 Å². The van der Waals surface area contributed by atoms with E-state index in [0.717, 1.165) is 42.8 Å². The molecule has 1 aliphatic heterocycles. The molecule has 17 heavy (non-hydrogen) atoms. The van der Waals surface area contributed by atoms with Gasteiger partial charge in [-0.05, 0) is 42.6 Å². The molecule has 0 aromatic carbocycles. The van der Waals surface area contributed by atoms with Crippen molar-refractivity contribution in [2.24, 2.45) is 5.92 Å². The van der Waals surface area contributed by atoms with Crippen LogP contribution in [0.25, 0.3) is 0 Å². The normalized spacial score (nSPS) is 25.2. The fourth-order valence-corrected chi connectivity index (χ4v) is 2.97. The van der Waals surface area contributed by atoms with E-state index in [1.165, 1.54) is 5.69 Å². The minimum Gasteiger partial charge on any atom is -0.381 e. The fourth-order valence-electron chi connectivity index (χ4n) is 2.27. The van der Waals surface area contributed by atoms with Crippen LogP contribution in [0.4, 0.5) is 0 Å². The second-order valence-electron chi connectivity index (χ2n) is 4.51. The Kier molecular flexibility index (Phi) is 4.50. The predicted molar refractivity (Wildman–Crippen MR) is 72.6 cm³/mol. The van der Waals surface area contributed by atoms with Gasteiger partial charge in [-0.1, -0.05) is 0 Å². The number of aryl methyl sites for hydroxylation is 2. The molecule has 1 saturated heterocycles. The van der Waals surface area contributed by atoms with Gasteiger partial charge in [0.1, 0.15) is 0 Å². The van der Waals surface area contributed by atoms with Crippen molar-refractivity contribution in [2.75, 3.05) is 13.2 Å². The van der Waals surface area contributed by atoms with Crippen molar-refractivity contribution < 1.29 is 4.74 Å². The maximum absolute atomic E-state index is 6.36. The van der Waals surface area contributed by atoms with E-state index in [1.54, 1.807) is 0 Å². The monoisotopic (exact) mass is 320 g/mol. The highest BCUT2D eigenvalue weighted by molar-refractivity contribution is 9.10. The number of halogens is 2. The zero-order valence-corrected chi connectivity index (χ0v) is 12.6. The van der Waals surface area contributed by atoms with Gasteiger partial charge in [0, 0.05) is 24.4 Å². The molecule has 1 fully saturated rings. The van der Waals surface area contributed by atoms with E-state index in [2.05, 4.69) is 32.6 Å². The predicted octanol–water partition coefficient (Wildman–Crippen LogP) is 3.16. The van der Waals surface area contributed by atoms with Gasteiger partial charge in [-0.3, -0.25) is 4.68 Å². The smallest absolute Gasteiger partial charge is 0.0738 e. The van der Waals surface area contributed by atoms with Crippen molar-refractivity contribution in [1.29, 1.82) is 0 Å². The first kappa shape index (κ1) is 13.4. The molecule has 96 valence electrons. The average Bonchev–Trinajstić information content (AvgIpc) is 2.59. The van der Waals surface area contributed by atoms with Gasteiger partial charge in [0.2, 0.25) is 0 Å². The summed E-state index contributed by atoms with van der Waals surface area (Å²) >= 11 is 9.98. The minimum absolute atomic E-state index is 0.219. The van der Waals surface area contributed by atoms with Crippen LogP contribution in [0.5, 0.6) is 0 Å². The highest BCUT2D eigenvalue weighted by atomic mass is 79.9. The van der Waals surface area contributed by atoms with E-state index in [1.807, 2.05) is 6.92 Å². The van der Waals surface area contributed by atoms with Crippen LogP contribution in [-0.2, 0) is 17.7 Å². The third-order valence-electron chi connectivity index (χ3n) is 3.29. The van der Waals surface area contributed by atoms with Gasteiger partial charge in [0.15, 0.2) is 0 Å².